The second-order valence-electron chi connectivity index (χ2n) is 10.0. The van der Waals surface area contributed by atoms with Crippen molar-refractivity contribution < 1.29 is 9.53 Å². The Morgan fingerprint density at radius 2 is 1.97 bits per heavy atom. The summed E-state index contributed by atoms with van der Waals surface area (Å²) in [6.45, 7) is 10.7. The standard InChI is InChI=1S/C27H38N6O2/c1-20(2)32-19-22(34)17-21-18-33(27-23(26(21)32)7-6-10-28-27)29-11-12-30-13-15-31(16-14-30)24-8-4-5-9-25(24)35-3/h4-5,7-10,18,20,26-27,29H,6,11-17,19H2,1-3H3. The number of carbonyl (C=O) groups excluding carboxylic acids is 1. The molecule has 2 atom stereocenters. The molecule has 2 saturated heterocycles. The summed E-state index contributed by atoms with van der Waals surface area (Å²) in [7, 11) is 1.74. The van der Waals surface area contributed by atoms with Crippen LogP contribution in [0.4, 0.5) is 5.69 Å². The number of methoxy groups -OCH3 is 1. The van der Waals surface area contributed by atoms with Gasteiger partial charge in [0.2, 0.25) is 0 Å². The Labute approximate surface area is 208 Å². The number of aliphatic imine (C=N–C) groups is 1. The van der Waals surface area contributed by atoms with Crippen molar-refractivity contribution in [2.24, 2.45) is 4.99 Å². The Kier molecular flexibility index (Phi) is 7.22. The molecular weight excluding hydrogens is 440 g/mol. The van der Waals surface area contributed by atoms with E-state index >= 15 is 0 Å². The predicted molar refractivity (Wildman–Crippen MR) is 140 cm³/mol. The van der Waals surface area contributed by atoms with E-state index in [2.05, 4.69) is 63.4 Å². The van der Waals surface area contributed by atoms with Crippen LogP contribution < -0.4 is 15.1 Å². The number of benzene rings is 1. The number of hydrazine groups is 1. The van der Waals surface area contributed by atoms with Gasteiger partial charge in [0.15, 0.2) is 11.9 Å². The molecule has 4 aliphatic heterocycles. The van der Waals surface area contributed by atoms with Crippen molar-refractivity contribution in [1.82, 2.24) is 20.2 Å². The maximum absolute atomic E-state index is 12.5. The SMILES string of the molecule is COc1ccccc1N1CCN(CCNN2C=C3CC(=O)CN(C(C)C)C3C3=CCC=NC32)CC1. The third-order valence-electron chi connectivity index (χ3n) is 7.51. The van der Waals surface area contributed by atoms with Gasteiger partial charge in [-0.2, -0.15) is 0 Å². The number of ether oxygens (including phenoxy) is 1. The lowest BCUT2D eigenvalue weighted by atomic mass is 9.84. The molecular formula is C27H38N6O2. The number of likely N-dealkylation sites (tertiary alicyclic amines) is 1. The first-order valence-corrected chi connectivity index (χ1v) is 12.9. The first-order chi connectivity index (χ1) is 17.0. The van der Waals surface area contributed by atoms with Gasteiger partial charge in [-0.1, -0.05) is 18.2 Å². The van der Waals surface area contributed by atoms with Gasteiger partial charge >= 0.3 is 0 Å². The highest BCUT2D eigenvalue weighted by atomic mass is 16.5. The van der Waals surface area contributed by atoms with Crippen molar-refractivity contribution in [3.05, 3.63) is 47.7 Å². The Morgan fingerprint density at radius 3 is 2.74 bits per heavy atom. The molecule has 0 amide bonds. The maximum Gasteiger partial charge on any atom is 0.157 e. The summed E-state index contributed by atoms with van der Waals surface area (Å²) < 4.78 is 5.55. The monoisotopic (exact) mass is 478 g/mol. The number of anilines is 1. The van der Waals surface area contributed by atoms with E-state index < -0.39 is 0 Å². The Bertz CT molecular complexity index is 1010. The van der Waals surface area contributed by atoms with Gasteiger partial charge in [0.05, 0.1) is 25.4 Å². The number of dihydropyridines is 1. The number of hydrogen-bond acceptors (Lipinski definition) is 8. The number of ketones is 1. The fraction of sp³-hybridized carbons (Fsp3) is 0.556. The van der Waals surface area contributed by atoms with E-state index in [1.165, 1.54) is 16.8 Å². The molecule has 4 aliphatic rings. The fourth-order valence-corrected chi connectivity index (χ4v) is 5.74. The van der Waals surface area contributed by atoms with Crippen LogP contribution in [-0.2, 0) is 4.79 Å². The minimum Gasteiger partial charge on any atom is -0.495 e. The van der Waals surface area contributed by atoms with Crippen LogP contribution in [0.25, 0.3) is 0 Å². The summed E-state index contributed by atoms with van der Waals surface area (Å²) in [6.07, 6.45) is 7.83. The minimum absolute atomic E-state index is 0.0330. The maximum atomic E-state index is 12.5. The van der Waals surface area contributed by atoms with Crippen LogP contribution in [0.1, 0.15) is 26.7 Å². The van der Waals surface area contributed by atoms with Crippen LogP contribution in [0.3, 0.4) is 0 Å². The van der Waals surface area contributed by atoms with Gasteiger partial charge in [-0.3, -0.25) is 24.6 Å². The van der Waals surface area contributed by atoms with Crippen LogP contribution in [0.5, 0.6) is 5.75 Å². The molecule has 35 heavy (non-hydrogen) atoms. The average molecular weight is 479 g/mol. The molecule has 2 unspecified atom stereocenters. The number of carbonyl (C=O) groups is 1. The van der Waals surface area contributed by atoms with Gasteiger partial charge in [0.1, 0.15) is 5.75 Å². The van der Waals surface area contributed by atoms with E-state index in [4.69, 9.17) is 9.73 Å². The van der Waals surface area contributed by atoms with Crippen molar-refractivity contribution in [3.63, 3.8) is 0 Å². The van der Waals surface area contributed by atoms with Gasteiger partial charge in [0, 0.05) is 70.6 Å². The summed E-state index contributed by atoms with van der Waals surface area (Å²) in [5.74, 6) is 1.24. The number of allylic oxidation sites excluding steroid dienone is 1. The number of piperidine rings is 1. The lowest BCUT2D eigenvalue weighted by Crippen LogP contribution is -2.58. The summed E-state index contributed by atoms with van der Waals surface area (Å²) in [6, 6.07) is 8.76. The zero-order valence-electron chi connectivity index (χ0n) is 21.2. The zero-order valence-corrected chi connectivity index (χ0v) is 21.2. The number of hydrogen-bond donors (Lipinski definition) is 1. The number of nitrogens with zero attached hydrogens (tertiary/aromatic N) is 5. The predicted octanol–water partition coefficient (Wildman–Crippen LogP) is 2.30. The number of Topliss-reactive ketones (excluding diaryl/α,β-unsaturated/α-hetero) is 1. The van der Waals surface area contributed by atoms with E-state index in [9.17, 15) is 4.79 Å². The van der Waals surface area contributed by atoms with Crippen molar-refractivity contribution in [3.8, 4) is 5.75 Å². The summed E-state index contributed by atoms with van der Waals surface area (Å²) in [5, 5.41) is 2.13. The molecule has 1 aromatic rings. The number of nitrogens with one attached hydrogen (secondary N) is 1. The molecule has 5 rings (SSSR count). The van der Waals surface area contributed by atoms with Crippen molar-refractivity contribution in [2.75, 3.05) is 57.8 Å². The third-order valence-corrected chi connectivity index (χ3v) is 7.51. The van der Waals surface area contributed by atoms with Crippen molar-refractivity contribution in [2.45, 2.75) is 44.9 Å². The summed E-state index contributed by atoms with van der Waals surface area (Å²) in [4.78, 5) is 24.6. The van der Waals surface area contributed by atoms with Crippen molar-refractivity contribution in [1.29, 1.82) is 0 Å². The second-order valence-corrected chi connectivity index (χ2v) is 10.0. The molecule has 0 aromatic heterocycles. The van der Waals surface area contributed by atoms with Crippen LogP contribution >= 0.6 is 0 Å². The van der Waals surface area contributed by atoms with Crippen LogP contribution in [0.15, 0.2) is 52.7 Å². The fourth-order valence-electron chi connectivity index (χ4n) is 5.74. The Hall–Kier alpha value is -2.68. The summed E-state index contributed by atoms with van der Waals surface area (Å²) >= 11 is 0. The lowest BCUT2D eigenvalue weighted by molar-refractivity contribution is -0.122. The summed E-state index contributed by atoms with van der Waals surface area (Å²) in [5.41, 5.74) is 7.29. The van der Waals surface area contributed by atoms with Gasteiger partial charge in [-0.15, -0.1) is 0 Å². The van der Waals surface area contributed by atoms with Gasteiger partial charge in [-0.05, 0) is 37.1 Å². The first-order valence-electron chi connectivity index (χ1n) is 12.9. The van der Waals surface area contributed by atoms with Gasteiger partial charge in [-0.25, -0.2) is 5.43 Å². The van der Waals surface area contributed by atoms with Gasteiger partial charge < -0.3 is 9.64 Å². The molecule has 188 valence electrons. The normalized spacial score (nSPS) is 25.3. The molecule has 1 N–H and O–H groups in total. The number of rotatable bonds is 7. The lowest BCUT2D eigenvalue weighted by Gasteiger charge is -2.48. The molecule has 4 heterocycles. The van der Waals surface area contributed by atoms with Crippen LogP contribution in [0, 0.1) is 0 Å². The highest BCUT2D eigenvalue weighted by Crippen LogP contribution is 2.37. The smallest absolute Gasteiger partial charge is 0.157 e. The molecule has 0 bridgehead atoms. The largest absolute Gasteiger partial charge is 0.495 e. The van der Waals surface area contributed by atoms with E-state index in [1.54, 1.807) is 7.11 Å². The molecule has 0 radical (unpaired) electrons. The topological polar surface area (TPSA) is 63.7 Å². The zero-order chi connectivity index (χ0) is 24.4. The number of fused-ring (bicyclic) bond motifs is 3. The Morgan fingerprint density at radius 1 is 1.17 bits per heavy atom. The minimum atomic E-state index is -0.0330. The quantitative estimate of drug-likeness (QED) is 0.604. The van der Waals surface area contributed by atoms with Gasteiger partial charge in [0.25, 0.3) is 0 Å². The highest BCUT2D eigenvalue weighted by Gasteiger charge is 2.42. The molecule has 0 saturated carbocycles. The van der Waals surface area contributed by atoms with E-state index in [1.807, 2.05) is 18.3 Å². The highest BCUT2D eigenvalue weighted by molar-refractivity contribution is 5.85. The van der Waals surface area contributed by atoms with Crippen molar-refractivity contribution >= 4 is 17.7 Å². The molecule has 1 aromatic carbocycles. The average Bonchev–Trinajstić information content (AvgIpc) is 2.88. The molecule has 0 spiro atoms. The molecule has 8 heteroatoms. The molecule has 8 nitrogen and oxygen atoms in total. The van der Waals surface area contributed by atoms with E-state index in [-0.39, 0.29) is 12.2 Å². The molecule has 2 fully saturated rings. The number of para-hydroxylation sites is 2. The third kappa shape index (κ3) is 5.01. The molecule has 0 aliphatic carbocycles. The van der Waals surface area contributed by atoms with E-state index in [0.717, 1.165) is 51.4 Å². The van der Waals surface area contributed by atoms with Crippen LogP contribution in [-0.4, -0.2) is 98.0 Å². The number of piperazine rings is 1. The van der Waals surface area contributed by atoms with E-state index in [0.29, 0.717) is 24.8 Å². The first kappa shape index (κ1) is 24.0. The van der Waals surface area contributed by atoms with Crippen LogP contribution in [0.2, 0.25) is 0 Å². The second kappa shape index (κ2) is 10.5. The Balaban J connectivity index is 1.20.